The van der Waals surface area contributed by atoms with Crippen molar-refractivity contribution in [2.24, 2.45) is 0 Å². The highest BCUT2D eigenvalue weighted by molar-refractivity contribution is 5.94. The van der Waals surface area contributed by atoms with E-state index in [0.29, 0.717) is 0 Å². The zero-order valence-corrected chi connectivity index (χ0v) is 13.6. The number of rotatable bonds is 5. The van der Waals surface area contributed by atoms with Gasteiger partial charge in [0.05, 0.1) is 0 Å². The summed E-state index contributed by atoms with van der Waals surface area (Å²) in [5.41, 5.74) is 4.22. The van der Waals surface area contributed by atoms with Crippen LogP contribution in [0.15, 0.2) is 42.5 Å². The van der Waals surface area contributed by atoms with Crippen LogP contribution in [0.5, 0.6) is 5.75 Å². The molecule has 2 aromatic rings. The number of carbonyl (C=O) groups excluding carboxylic acids is 1. The van der Waals surface area contributed by atoms with Crippen LogP contribution in [0.3, 0.4) is 0 Å². The van der Waals surface area contributed by atoms with Crippen LogP contribution in [0, 0.1) is 13.8 Å². The second-order valence-electron chi connectivity index (χ2n) is 5.58. The summed E-state index contributed by atoms with van der Waals surface area (Å²) in [5, 5.41) is 2.95. The molecule has 3 nitrogen and oxygen atoms in total. The molecule has 0 radical (unpaired) electrons. The third kappa shape index (κ3) is 4.10. The van der Waals surface area contributed by atoms with Gasteiger partial charge in [0.25, 0.3) is 5.91 Å². The topological polar surface area (TPSA) is 38.3 Å². The van der Waals surface area contributed by atoms with Crippen LogP contribution in [0.1, 0.15) is 30.5 Å². The fourth-order valence-electron chi connectivity index (χ4n) is 2.44. The molecule has 116 valence electrons. The van der Waals surface area contributed by atoms with Crippen molar-refractivity contribution in [2.45, 2.75) is 40.2 Å². The normalized spacial score (nSPS) is 11.8. The Morgan fingerprint density at radius 1 is 1.14 bits per heavy atom. The molecule has 0 bridgehead atoms. The van der Waals surface area contributed by atoms with Gasteiger partial charge in [-0.1, -0.05) is 31.2 Å². The summed E-state index contributed by atoms with van der Waals surface area (Å²) >= 11 is 0. The second-order valence-corrected chi connectivity index (χ2v) is 5.58. The highest BCUT2D eigenvalue weighted by Gasteiger charge is 2.16. The molecular formula is C19H23NO2. The highest BCUT2D eigenvalue weighted by Crippen LogP contribution is 2.19. The molecule has 0 saturated carbocycles. The van der Waals surface area contributed by atoms with Gasteiger partial charge >= 0.3 is 0 Å². The molecule has 1 N–H and O–H groups in total. The molecule has 0 aliphatic rings. The van der Waals surface area contributed by atoms with Crippen molar-refractivity contribution in [3.8, 4) is 5.75 Å². The van der Waals surface area contributed by atoms with E-state index in [1.807, 2.05) is 50.2 Å². The smallest absolute Gasteiger partial charge is 0.265 e. The van der Waals surface area contributed by atoms with E-state index >= 15 is 0 Å². The summed E-state index contributed by atoms with van der Waals surface area (Å²) in [4.78, 5) is 12.3. The minimum Gasteiger partial charge on any atom is -0.481 e. The van der Waals surface area contributed by atoms with Crippen LogP contribution in [-0.4, -0.2) is 12.0 Å². The van der Waals surface area contributed by atoms with Crippen molar-refractivity contribution >= 4 is 11.6 Å². The van der Waals surface area contributed by atoms with E-state index in [-0.39, 0.29) is 5.91 Å². The van der Waals surface area contributed by atoms with E-state index in [2.05, 4.69) is 18.3 Å². The first-order valence-corrected chi connectivity index (χ1v) is 7.63. The van der Waals surface area contributed by atoms with Gasteiger partial charge in [0, 0.05) is 5.69 Å². The average Bonchev–Trinajstić information content (AvgIpc) is 2.46. The number of benzene rings is 2. The van der Waals surface area contributed by atoms with Crippen LogP contribution in [0.4, 0.5) is 5.69 Å². The minimum absolute atomic E-state index is 0.139. The largest absolute Gasteiger partial charge is 0.481 e. The maximum Gasteiger partial charge on any atom is 0.265 e. The number of para-hydroxylation sites is 1. The molecule has 0 fully saturated rings. The molecule has 0 aliphatic carbocycles. The summed E-state index contributed by atoms with van der Waals surface area (Å²) in [6.07, 6.45) is 0.328. The number of ether oxygens (including phenoxy) is 1. The first-order valence-electron chi connectivity index (χ1n) is 7.63. The fourth-order valence-corrected chi connectivity index (χ4v) is 2.44. The lowest BCUT2D eigenvalue weighted by Gasteiger charge is -2.17. The SMILES string of the molecule is CCc1ccccc1NC(=O)[C@H](C)Oc1cc(C)cc(C)c1. The first kappa shape index (κ1) is 16.1. The molecule has 0 saturated heterocycles. The van der Waals surface area contributed by atoms with E-state index < -0.39 is 6.10 Å². The number of anilines is 1. The Morgan fingerprint density at radius 3 is 2.41 bits per heavy atom. The van der Waals surface area contributed by atoms with Crippen molar-refractivity contribution in [2.75, 3.05) is 5.32 Å². The van der Waals surface area contributed by atoms with E-state index in [0.717, 1.165) is 34.5 Å². The van der Waals surface area contributed by atoms with Gasteiger partial charge in [-0.2, -0.15) is 0 Å². The van der Waals surface area contributed by atoms with Gasteiger partial charge in [-0.15, -0.1) is 0 Å². The summed E-state index contributed by atoms with van der Waals surface area (Å²) in [7, 11) is 0. The van der Waals surface area contributed by atoms with Gasteiger partial charge in [0.15, 0.2) is 6.10 Å². The summed E-state index contributed by atoms with van der Waals surface area (Å²) in [5.74, 6) is 0.587. The van der Waals surface area contributed by atoms with E-state index in [1.165, 1.54) is 0 Å². The predicted octanol–water partition coefficient (Wildman–Crippen LogP) is 4.27. The minimum atomic E-state index is -0.550. The van der Waals surface area contributed by atoms with Crippen LogP contribution < -0.4 is 10.1 Å². The maximum atomic E-state index is 12.3. The summed E-state index contributed by atoms with van der Waals surface area (Å²) in [6, 6.07) is 13.8. The number of hydrogen-bond donors (Lipinski definition) is 1. The Hall–Kier alpha value is -2.29. The monoisotopic (exact) mass is 297 g/mol. The standard InChI is InChI=1S/C19H23NO2/c1-5-16-8-6-7-9-18(16)20-19(21)15(4)22-17-11-13(2)10-14(3)12-17/h6-12,15H,5H2,1-4H3,(H,20,21)/t15-/m0/s1. The Kier molecular flexibility index (Phi) is 5.21. The molecule has 0 unspecified atom stereocenters. The van der Waals surface area contributed by atoms with Crippen LogP contribution in [0.25, 0.3) is 0 Å². The molecule has 2 rings (SSSR count). The quantitative estimate of drug-likeness (QED) is 0.895. The Bertz CT molecular complexity index is 644. The lowest BCUT2D eigenvalue weighted by atomic mass is 10.1. The molecule has 1 amide bonds. The Balaban J connectivity index is 2.06. The van der Waals surface area contributed by atoms with Gasteiger partial charge in [0.2, 0.25) is 0 Å². The van der Waals surface area contributed by atoms with Crippen molar-refractivity contribution < 1.29 is 9.53 Å². The molecule has 0 spiro atoms. The molecule has 2 aromatic carbocycles. The Morgan fingerprint density at radius 2 is 1.77 bits per heavy atom. The van der Waals surface area contributed by atoms with Gasteiger partial charge in [-0.25, -0.2) is 0 Å². The molecule has 1 atom stereocenters. The number of nitrogens with one attached hydrogen (secondary N) is 1. The summed E-state index contributed by atoms with van der Waals surface area (Å²) in [6.45, 7) is 7.87. The zero-order valence-electron chi connectivity index (χ0n) is 13.6. The number of hydrogen-bond acceptors (Lipinski definition) is 2. The molecule has 22 heavy (non-hydrogen) atoms. The van der Waals surface area contributed by atoms with Crippen LogP contribution in [0.2, 0.25) is 0 Å². The van der Waals surface area contributed by atoms with Gasteiger partial charge in [0.1, 0.15) is 5.75 Å². The van der Waals surface area contributed by atoms with E-state index in [9.17, 15) is 4.79 Å². The molecule has 0 aromatic heterocycles. The molecule has 0 heterocycles. The second kappa shape index (κ2) is 7.12. The van der Waals surface area contributed by atoms with Gasteiger partial charge in [-0.3, -0.25) is 4.79 Å². The van der Waals surface area contributed by atoms with Crippen molar-refractivity contribution in [1.82, 2.24) is 0 Å². The predicted molar refractivity (Wildman–Crippen MR) is 90.5 cm³/mol. The molecule has 3 heteroatoms. The van der Waals surface area contributed by atoms with Crippen LogP contribution >= 0.6 is 0 Å². The van der Waals surface area contributed by atoms with Crippen molar-refractivity contribution in [3.63, 3.8) is 0 Å². The lowest BCUT2D eigenvalue weighted by molar-refractivity contribution is -0.122. The number of aryl methyl sites for hydroxylation is 3. The number of carbonyl (C=O) groups is 1. The highest BCUT2D eigenvalue weighted by atomic mass is 16.5. The summed E-state index contributed by atoms with van der Waals surface area (Å²) < 4.78 is 5.77. The number of amides is 1. The van der Waals surface area contributed by atoms with Crippen molar-refractivity contribution in [1.29, 1.82) is 0 Å². The van der Waals surface area contributed by atoms with E-state index in [4.69, 9.17) is 4.74 Å². The van der Waals surface area contributed by atoms with E-state index in [1.54, 1.807) is 6.92 Å². The average molecular weight is 297 g/mol. The lowest BCUT2D eigenvalue weighted by Crippen LogP contribution is -2.30. The third-order valence-electron chi connectivity index (χ3n) is 3.53. The zero-order chi connectivity index (χ0) is 16.1. The van der Waals surface area contributed by atoms with Gasteiger partial charge in [-0.05, 0) is 62.1 Å². The van der Waals surface area contributed by atoms with Crippen molar-refractivity contribution in [3.05, 3.63) is 59.2 Å². The first-order chi connectivity index (χ1) is 10.5. The van der Waals surface area contributed by atoms with Gasteiger partial charge < -0.3 is 10.1 Å². The Labute approximate surface area is 132 Å². The molecular weight excluding hydrogens is 274 g/mol. The van der Waals surface area contributed by atoms with Crippen LogP contribution in [-0.2, 0) is 11.2 Å². The maximum absolute atomic E-state index is 12.3. The third-order valence-corrected chi connectivity index (χ3v) is 3.53. The fraction of sp³-hybridized carbons (Fsp3) is 0.316. The molecule has 0 aliphatic heterocycles.